The van der Waals surface area contributed by atoms with Crippen LogP contribution in [0.5, 0.6) is 11.5 Å². The Labute approximate surface area is 110 Å². The molecule has 1 heterocycles. The second kappa shape index (κ2) is 5.17. The lowest BCUT2D eigenvalue weighted by Crippen LogP contribution is -2.36. The molecule has 2 rings (SSSR count). The summed E-state index contributed by atoms with van der Waals surface area (Å²) in [6.07, 6.45) is 0. The van der Waals surface area contributed by atoms with Crippen molar-refractivity contribution in [1.82, 2.24) is 4.90 Å². The third kappa shape index (κ3) is 2.62. The molecule has 1 aliphatic heterocycles. The van der Waals surface area contributed by atoms with Crippen LogP contribution in [0.3, 0.4) is 0 Å². The summed E-state index contributed by atoms with van der Waals surface area (Å²) in [5.74, 6) is -0.662. The maximum absolute atomic E-state index is 12.2. The van der Waals surface area contributed by atoms with E-state index in [0.29, 0.717) is 17.9 Å². The molecule has 0 saturated heterocycles. The number of aliphatic carboxylic acids is 1. The first kappa shape index (κ1) is 13.2. The lowest BCUT2D eigenvalue weighted by molar-refractivity contribution is -0.139. The first-order valence-electron chi connectivity index (χ1n) is 5.88. The van der Waals surface area contributed by atoms with Crippen molar-refractivity contribution in [2.75, 3.05) is 20.3 Å². The van der Waals surface area contributed by atoms with Crippen LogP contribution in [0, 0.1) is 0 Å². The third-order valence-corrected chi connectivity index (χ3v) is 3.01. The van der Waals surface area contributed by atoms with Gasteiger partial charge in [-0.05, 0) is 19.1 Å². The minimum atomic E-state index is -1.08. The molecule has 0 bridgehead atoms. The van der Waals surface area contributed by atoms with Gasteiger partial charge >= 0.3 is 5.97 Å². The predicted octanol–water partition coefficient (Wildman–Crippen LogP) is 1.00. The summed E-state index contributed by atoms with van der Waals surface area (Å²) in [7, 11) is 1.70. The maximum Gasteiger partial charge on any atom is 0.341 e. The highest BCUT2D eigenvalue weighted by atomic mass is 16.5. The minimum absolute atomic E-state index is 0.0628. The fourth-order valence-corrected chi connectivity index (χ4v) is 1.79. The molecule has 1 unspecified atom stereocenters. The Morgan fingerprint density at radius 3 is 3.00 bits per heavy atom. The van der Waals surface area contributed by atoms with E-state index in [1.807, 2.05) is 6.92 Å². The lowest BCUT2D eigenvalue weighted by atomic mass is 10.1. The normalized spacial score (nSPS) is 18.3. The highest BCUT2D eigenvalue weighted by Crippen LogP contribution is 2.34. The topological polar surface area (TPSA) is 76.1 Å². The average Bonchev–Trinajstić information content (AvgIpc) is 2.50. The summed E-state index contributed by atoms with van der Waals surface area (Å²) >= 11 is 0. The largest absolute Gasteiger partial charge is 0.487 e. The Morgan fingerprint density at radius 1 is 1.58 bits per heavy atom. The molecule has 1 aromatic carbocycles. The van der Waals surface area contributed by atoms with E-state index < -0.39 is 12.6 Å². The number of carboxylic acids is 1. The van der Waals surface area contributed by atoms with Crippen molar-refractivity contribution in [2.45, 2.75) is 13.0 Å². The van der Waals surface area contributed by atoms with Crippen molar-refractivity contribution in [3.8, 4) is 11.5 Å². The first-order chi connectivity index (χ1) is 9.00. The van der Waals surface area contributed by atoms with Crippen LogP contribution in [0.4, 0.5) is 0 Å². The SMILES string of the molecule is CC1COc2c(OCC(=O)O)cccc2C(=O)N1C. The van der Waals surface area contributed by atoms with E-state index in [1.54, 1.807) is 30.1 Å². The van der Waals surface area contributed by atoms with E-state index in [-0.39, 0.29) is 17.7 Å². The molecular formula is C13H15NO5. The molecule has 0 fully saturated rings. The molecule has 6 nitrogen and oxygen atoms in total. The number of hydrogen-bond donors (Lipinski definition) is 1. The monoisotopic (exact) mass is 265 g/mol. The zero-order chi connectivity index (χ0) is 14.0. The Kier molecular flexibility index (Phi) is 3.59. The number of rotatable bonds is 3. The second-order valence-corrected chi connectivity index (χ2v) is 4.39. The van der Waals surface area contributed by atoms with E-state index in [9.17, 15) is 9.59 Å². The van der Waals surface area contributed by atoms with Crippen LogP contribution in [-0.4, -0.2) is 48.2 Å². The molecular weight excluding hydrogens is 250 g/mol. The number of carbonyl (C=O) groups is 2. The third-order valence-electron chi connectivity index (χ3n) is 3.01. The molecule has 1 N–H and O–H groups in total. The van der Waals surface area contributed by atoms with Crippen LogP contribution in [0.25, 0.3) is 0 Å². The van der Waals surface area contributed by atoms with Gasteiger partial charge in [0.2, 0.25) is 0 Å². The molecule has 0 aliphatic carbocycles. The number of nitrogens with zero attached hydrogens (tertiary/aromatic N) is 1. The number of hydrogen-bond acceptors (Lipinski definition) is 4. The summed E-state index contributed by atoms with van der Waals surface area (Å²) in [5, 5.41) is 8.63. The minimum Gasteiger partial charge on any atom is -0.487 e. The number of fused-ring (bicyclic) bond motifs is 1. The van der Waals surface area contributed by atoms with Crippen LogP contribution in [-0.2, 0) is 4.79 Å². The van der Waals surface area contributed by atoms with Crippen molar-refractivity contribution < 1.29 is 24.2 Å². The van der Waals surface area contributed by atoms with Gasteiger partial charge in [-0.15, -0.1) is 0 Å². The van der Waals surface area contributed by atoms with Crippen LogP contribution in [0.1, 0.15) is 17.3 Å². The number of amides is 1. The molecule has 0 aromatic heterocycles. The fourth-order valence-electron chi connectivity index (χ4n) is 1.79. The van der Waals surface area contributed by atoms with Crippen LogP contribution >= 0.6 is 0 Å². The smallest absolute Gasteiger partial charge is 0.341 e. The van der Waals surface area contributed by atoms with Gasteiger partial charge in [0.05, 0.1) is 11.6 Å². The van der Waals surface area contributed by atoms with Crippen molar-refractivity contribution in [1.29, 1.82) is 0 Å². The van der Waals surface area contributed by atoms with Crippen LogP contribution in [0.2, 0.25) is 0 Å². The van der Waals surface area contributed by atoms with Gasteiger partial charge in [-0.2, -0.15) is 0 Å². The molecule has 1 atom stereocenters. The predicted molar refractivity (Wildman–Crippen MR) is 66.6 cm³/mol. The lowest BCUT2D eigenvalue weighted by Gasteiger charge is -2.20. The summed E-state index contributed by atoms with van der Waals surface area (Å²) in [6, 6.07) is 4.80. The standard InChI is InChI=1S/C13H15NO5/c1-8-6-19-12-9(13(17)14(8)2)4-3-5-10(12)18-7-11(15)16/h3-5,8H,6-7H2,1-2H3,(H,15,16). The quantitative estimate of drug-likeness (QED) is 0.882. The van der Waals surface area contributed by atoms with E-state index in [2.05, 4.69) is 0 Å². The summed E-state index contributed by atoms with van der Waals surface area (Å²) < 4.78 is 10.7. The summed E-state index contributed by atoms with van der Waals surface area (Å²) in [4.78, 5) is 24.3. The Hall–Kier alpha value is -2.24. The van der Waals surface area contributed by atoms with Crippen molar-refractivity contribution >= 4 is 11.9 Å². The van der Waals surface area contributed by atoms with Crippen molar-refractivity contribution in [3.63, 3.8) is 0 Å². The van der Waals surface area contributed by atoms with Gasteiger partial charge in [0.1, 0.15) is 6.61 Å². The van der Waals surface area contributed by atoms with Crippen molar-refractivity contribution in [2.24, 2.45) is 0 Å². The highest BCUT2D eigenvalue weighted by Gasteiger charge is 2.27. The van der Waals surface area contributed by atoms with Gasteiger partial charge < -0.3 is 19.5 Å². The van der Waals surface area contributed by atoms with Gasteiger partial charge in [-0.1, -0.05) is 6.07 Å². The van der Waals surface area contributed by atoms with E-state index in [0.717, 1.165) is 0 Å². The molecule has 102 valence electrons. The number of likely N-dealkylation sites (N-methyl/N-ethyl adjacent to an activating group) is 1. The van der Waals surface area contributed by atoms with Gasteiger partial charge in [0.25, 0.3) is 5.91 Å². The molecule has 6 heteroatoms. The zero-order valence-electron chi connectivity index (χ0n) is 10.8. The molecule has 0 spiro atoms. The van der Waals surface area contributed by atoms with Crippen molar-refractivity contribution in [3.05, 3.63) is 23.8 Å². The highest BCUT2D eigenvalue weighted by molar-refractivity contribution is 5.98. The average molecular weight is 265 g/mol. The van der Waals surface area contributed by atoms with E-state index >= 15 is 0 Å². The van der Waals surface area contributed by atoms with E-state index in [1.165, 1.54) is 0 Å². The zero-order valence-corrected chi connectivity index (χ0v) is 10.8. The molecule has 0 saturated carbocycles. The summed E-state index contributed by atoms with van der Waals surface area (Å²) in [6.45, 7) is 1.74. The summed E-state index contributed by atoms with van der Waals surface area (Å²) in [5.41, 5.74) is 0.384. The number of ether oxygens (including phenoxy) is 2. The van der Waals surface area contributed by atoms with Gasteiger partial charge in [0, 0.05) is 7.05 Å². The Balaban J connectivity index is 2.36. The number of carboxylic acid groups (broad SMARTS) is 1. The van der Waals surface area contributed by atoms with Gasteiger partial charge in [0.15, 0.2) is 18.1 Å². The maximum atomic E-state index is 12.2. The number of para-hydroxylation sites is 1. The van der Waals surface area contributed by atoms with Crippen LogP contribution < -0.4 is 9.47 Å². The first-order valence-corrected chi connectivity index (χ1v) is 5.88. The van der Waals surface area contributed by atoms with Crippen LogP contribution in [0.15, 0.2) is 18.2 Å². The molecule has 1 amide bonds. The Morgan fingerprint density at radius 2 is 2.32 bits per heavy atom. The fraction of sp³-hybridized carbons (Fsp3) is 0.385. The molecule has 1 aromatic rings. The molecule has 19 heavy (non-hydrogen) atoms. The number of carbonyl (C=O) groups excluding carboxylic acids is 1. The molecule has 0 radical (unpaired) electrons. The molecule has 1 aliphatic rings. The van der Waals surface area contributed by atoms with Gasteiger partial charge in [-0.25, -0.2) is 4.79 Å². The Bertz CT molecular complexity index is 514. The second-order valence-electron chi connectivity index (χ2n) is 4.39. The van der Waals surface area contributed by atoms with Gasteiger partial charge in [-0.3, -0.25) is 4.79 Å². The number of benzene rings is 1. The van der Waals surface area contributed by atoms with E-state index in [4.69, 9.17) is 14.6 Å².